The fourth-order valence-electron chi connectivity index (χ4n) is 3.67. The molecular formula is C18H31N2OS-. The summed E-state index contributed by atoms with van der Waals surface area (Å²) >= 11 is 0. The molecule has 1 aliphatic heterocycles. The van der Waals surface area contributed by atoms with Gasteiger partial charge in [-0.15, -0.1) is 6.04 Å². The minimum absolute atomic E-state index is 0.213. The van der Waals surface area contributed by atoms with Crippen molar-refractivity contribution in [1.82, 2.24) is 4.31 Å². The van der Waals surface area contributed by atoms with Crippen LogP contribution in [0.1, 0.15) is 53.4 Å². The van der Waals surface area contributed by atoms with E-state index in [1.807, 2.05) is 0 Å². The average molecular weight is 324 g/mol. The lowest BCUT2D eigenvalue weighted by atomic mass is 9.96. The molecule has 4 heteroatoms. The molecule has 1 saturated carbocycles. The topological polar surface area (TPSA) is 46.3 Å². The van der Waals surface area contributed by atoms with E-state index < -0.39 is 11.0 Å². The monoisotopic (exact) mass is 323 g/mol. The lowest BCUT2D eigenvalue weighted by molar-refractivity contribution is 0.290. The van der Waals surface area contributed by atoms with Gasteiger partial charge in [-0.3, -0.25) is 0 Å². The van der Waals surface area contributed by atoms with Crippen molar-refractivity contribution in [1.29, 1.82) is 0 Å². The fourth-order valence-corrected chi connectivity index (χ4v) is 5.12. The summed E-state index contributed by atoms with van der Waals surface area (Å²) in [5, 5.41) is 0. The Bertz CT molecular complexity index is 485. The van der Waals surface area contributed by atoms with E-state index in [9.17, 15) is 4.21 Å². The summed E-state index contributed by atoms with van der Waals surface area (Å²) < 4.78 is 15.0. The van der Waals surface area contributed by atoms with Gasteiger partial charge >= 0.3 is 0 Å². The molecule has 5 atom stereocenters. The molecule has 3 nitrogen and oxygen atoms in total. The fraction of sp³-hybridized carbons (Fsp3) is 0.722. The number of nitrogens with zero attached hydrogens (tertiary/aromatic N) is 1. The molecule has 0 aromatic carbocycles. The maximum Gasteiger partial charge on any atom is 0.125 e. The zero-order chi connectivity index (χ0) is 16.4. The third-order valence-corrected chi connectivity index (χ3v) is 6.64. The molecule has 126 valence electrons. The van der Waals surface area contributed by atoms with E-state index in [1.54, 1.807) is 0 Å². The lowest BCUT2D eigenvalue weighted by Gasteiger charge is -2.44. The van der Waals surface area contributed by atoms with Gasteiger partial charge in [0.25, 0.3) is 0 Å². The second-order valence-corrected chi connectivity index (χ2v) is 8.34. The molecule has 0 spiro atoms. The molecule has 0 radical (unpaired) electrons. The summed E-state index contributed by atoms with van der Waals surface area (Å²) in [6, 6.07) is 0.498. The minimum Gasteiger partial charge on any atom is -0.330 e. The summed E-state index contributed by atoms with van der Waals surface area (Å²) in [4.78, 5) is 0.812. The molecule has 2 aliphatic rings. The molecule has 1 aliphatic carbocycles. The maximum absolute atomic E-state index is 12.9. The Kier molecular flexibility index (Phi) is 6.03. The van der Waals surface area contributed by atoms with Crippen LogP contribution in [0.25, 0.3) is 0 Å². The van der Waals surface area contributed by atoms with Crippen molar-refractivity contribution in [3.05, 3.63) is 29.1 Å². The first-order chi connectivity index (χ1) is 10.4. The molecule has 22 heavy (non-hydrogen) atoms. The van der Waals surface area contributed by atoms with Crippen LogP contribution in [-0.4, -0.2) is 27.1 Å². The Morgan fingerprint density at radius 3 is 2.68 bits per heavy atom. The van der Waals surface area contributed by atoms with E-state index >= 15 is 0 Å². The van der Waals surface area contributed by atoms with Crippen LogP contribution in [0, 0.1) is 18.3 Å². The van der Waals surface area contributed by atoms with Gasteiger partial charge in [0.15, 0.2) is 0 Å². The Morgan fingerprint density at radius 2 is 2.14 bits per heavy atom. The normalized spacial score (nSPS) is 35.5. The van der Waals surface area contributed by atoms with Crippen LogP contribution >= 0.6 is 0 Å². The van der Waals surface area contributed by atoms with E-state index in [0.717, 1.165) is 17.7 Å². The predicted molar refractivity (Wildman–Crippen MR) is 95.2 cm³/mol. The van der Waals surface area contributed by atoms with Crippen LogP contribution in [0.2, 0.25) is 0 Å². The molecule has 2 N–H and O–H groups in total. The molecule has 0 amide bonds. The van der Waals surface area contributed by atoms with Crippen LogP contribution in [0.15, 0.2) is 22.6 Å². The highest BCUT2D eigenvalue weighted by Crippen LogP contribution is 2.46. The highest BCUT2D eigenvalue weighted by atomic mass is 32.2. The molecule has 2 fully saturated rings. The van der Waals surface area contributed by atoms with Crippen molar-refractivity contribution in [2.24, 2.45) is 17.6 Å². The Balaban J connectivity index is 2.08. The number of rotatable bonds is 6. The molecule has 0 aromatic rings. The maximum atomic E-state index is 12.9. The standard InChI is InChI=1S/C18H31N2OS/c1-6-7-12(2)8-13(3)20-14(4)9-17(15(5)22(20)21)18-10-16(18)11-19/h8,12-14,16H,5-7,9-11,19H2,1-4H3/q-1. The van der Waals surface area contributed by atoms with Gasteiger partial charge < -0.3 is 12.2 Å². The van der Waals surface area contributed by atoms with E-state index in [-0.39, 0.29) is 12.1 Å². The van der Waals surface area contributed by atoms with E-state index in [2.05, 4.69) is 45.0 Å². The number of hydrogen-bond acceptors (Lipinski definition) is 2. The van der Waals surface area contributed by atoms with Crippen molar-refractivity contribution in [2.45, 2.75) is 65.5 Å². The van der Waals surface area contributed by atoms with Gasteiger partial charge in [0.2, 0.25) is 0 Å². The second-order valence-electron chi connectivity index (χ2n) is 6.92. The number of nitrogens with two attached hydrogens (primary N) is 1. The van der Waals surface area contributed by atoms with Crippen LogP contribution in [0.5, 0.6) is 0 Å². The summed E-state index contributed by atoms with van der Waals surface area (Å²) in [5.41, 5.74) is 8.40. The van der Waals surface area contributed by atoms with Gasteiger partial charge in [-0.05, 0) is 37.8 Å². The highest BCUT2D eigenvalue weighted by Gasteiger charge is 2.38. The summed E-state index contributed by atoms with van der Waals surface area (Å²) in [5.74, 6) is 1.07. The van der Waals surface area contributed by atoms with Crippen LogP contribution in [0.4, 0.5) is 0 Å². The van der Waals surface area contributed by atoms with Gasteiger partial charge in [0, 0.05) is 6.04 Å². The zero-order valence-corrected chi connectivity index (χ0v) is 15.3. The van der Waals surface area contributed by atoms with Gasteiger partial charge in [-0.1, -0.05) is 45.8 Å². The predicted octanol–water partition coefficient (Wildman–Crippen LogP) is 3.56. The third kappa shape index (κ3) is 3.72. The average Bonchev–Trinajstić information content (AvgIpc) is 3.22. The van der Waals surface area contributed by atoms with Gasteiger partial charge in [0.1, 0.15) is 11.0 Å². The van der Waals surface area contributed by atoms with Crippen molar-refractivity contribution in [2.75, 3.05) is 6.54 Å². The van der Waals surface area contributed by atoms with Gasteiger partial charge in [-0.25, -0.2) is 8.51 Å². The summed E-state index contributed by atoms with van der Waals surface area (Å²) in [6.45, 7) is 13.6. The zero-order valence-electron chi connectivity index (χ0n) is 14.5. The second kappa shape index (κ2) is 7.41. The van der Waals surface area contributed by atoms with E-state index in [4.69, 9.17) is 5.73 Å². The number of allylic oxidation sites excluding steroid dienone is 1. The minimum atomic E-state index is -1.12. The largest absolute Gasteiger partial charge is 0.330 e. The van der Waals surface area contributed by atoms with Gasteiger partial charge in [-0.2, -0.15) is 5.92 Å². The molecular weight excluding hydrogens is 292 g/mol. The molecule has 0 bridgehead atoms. The van der Waals surface area contributed by atoms with Crippen LogP contribution < -0.4 is 5.73 Å². The van der Waals surface area contributed by atoms with Crippen molar-refractivity contribution < 1.29 is 4.21 Å². The van der Waals surface area contributed by atoms with Crippen molar-refractivity contribution in [3.8, 4) is 0 Å². The first kappa shape index (κ1) is 17.9. The SMILES string of the molecule is C=C1C(=C2CC2CN)CC(C)N(C(C)[CH-]C(C)CCC)S1=O. The highest BCUT2D eigenvalue weighted by molar-refractivity contribution is 7.87. The Hall–Kier alpha value is -0.450. The molecule has 1 heterocycles. The Labute approximate surface area is 138 Å². The molecule has 2 rings (SSSR count). The molecule has 1 saturated heterocycles. The van der Waals surface area contributed by atoms with Crippen LogP contribution in [-0.2, 0) is 11.0 Å². The first-order valence-electron chi connectivity index (χ1n) is 8.57. The van der Waals surface area contributed by atoms with Gasteiger partial charge in [0.05, 0.1) is 4.91 Å². The molecule has 0 aromatic heterocycles. The summed E-state index contributed by atoms with van der Waals surface area (Å²) in [6.07, 6.45) is 6.74. The third-order valence-electron chi connectivity index (χ3n) is 4.90. The van der Waals surface area contributed by atoms with Crippen molar-refractivity contribution in [3.63, 3.8) is 0 Å². The lowest BCUT2D eigenvalue weighted by Crippen LogP contribution is -2.46. The number of hydrogen-bond donors (Lipinski definition) is 1. The quantitative estimate of drug-likeness (QED) is 0.760. The van der Waals surface area contributed by atoms with E-state index in [0.29, 0.717) is 18.4 Å². The first-order valence-corrected chi connectivity index (χ1v) is 9.67. The smallest absolute Gasteiger partial charge is 0.125 e. The molecule has 5 unspecified atom stereocenters. The van der Waals surface area contributed by atoms with E-state index in [1.165, 1.54) is 24.0 Å². The summed E-state index contributed by atoms with van der Waals surface area (Å²) in [7, 11) is -1.12. The van der Waals surface area contributed by atoms with Crippen molar-refractivity contribution >= 4 is 11.0 Å². The van der Waals surface area contributed by atoms with Crippen LogP contribution in [0.3, 0.4) is 0 Å². The Morgan fingerprint density at radius 1 is 1.45 bits per heavy atom.